The van der Waals surface area contributed by atoms with Gasteiger partial charge in [0.2, 0.25) is 0 Å². The minimum atomic E-state index is -0.429. The third-order valence-electron chi connectivity index (χ3n) is 10.5. The Bertz CT molecular complexity index is 1340. The van der Waals surface area contributed by atoms with Gasteiger partial charge in [-0.3, -0.25) is 0 Å². The van der Waals surface area contributed by atoms with Gasteiger partial charge >= 0.3 is 0 Å². The number of hydrogen-bond donors (Lipinski definition) is 1. The monoisotopic (exact) mass is 607 g/mol. The Morgan fingerprint density at radius 1 is 0.907 bits per heavy atom. The number of morpholine rings is 1. The third-order valence-corrected chi connectivity index (χ3v) is 10.5. The van der Waals surface area contributed by atoms with E-state index in [2.05, 4.69) is 35.6 Å². The highest BCUT2D eigenvalue weighted by Gasteiger charge is 2.52. The number of hydrogen-bond acceptors (Lipinski definition) is 6. The molecule has 232 valence electrons. The molecule has 0 aromatic heterocycles. The summed E-state index contributed by atoms with van der Waals surface area (Å²) < 4.78 is 30.2. The van der Waals surface area contributed by atoms with Gasteiger partial charge in [0.15, 0.2) is 13.1 Å². The Kier molecular flexibility index (Phi) is 9.23. The van der Waals surface area contributed by atoms with Crippen molar-refractivity contribution in [2.45, 2.75) is 69.2 Å². The van der Waals surface area contributed by atoms with E-state index in [0.29, 0.717) is 13.2 Å². The van der Waals surface area contributed by atoms with Crippen LogP contribution in [0, 0.1) is 17.8 Å². The Hall–Kier alpha value is -2.35. The molecule has 43 heavy (non-hydrogen) atoms. The van der Waals surface area contributed by atoms with E-state index in [1.165, 1.54) is 60.4 Å². The molecule has 2 atom stereocenters. The van der Waals surface area contributed by atoms with Crippen molar-refractivity contribution in [1.29, 1.82) is 0 Å². The fraction of sp³-hybridized carbons (Fsp3) is 0.556. The van der Waals surface area contributed by atoms with Crippen molar-refractivity contribution in [2.75, 3.05) is 40.2 Å². The first-order valence-corrected chi connectivity index (χ1v) is 15.9. The summed E-state index contributed by atoms with van der Waals surface area (Å²) >= 11 is 0. The number of para-hydroxylation sites is 1. The first kappa shape index (κ1) is 30.7. The van der Waals surface area contributed by atoms with Crippen LogP contribution in [0.1, 0.15) is 63.0 Å². The molecule has 6 nitrogen and oxygen atoms in total. The molecule has 0 spiro atoms. The molecule has 8 rings (SSSR count). The van der Waals surface area contributed by atoms with E-state index in [9.17, 15) is 0 Å². The molecular weight excluding hydrogens is 562 g/mol. The Labute approximate surface area is 262 Å². The molecule has 0 amide bonds. The molecule has 4 saturated carbocycles. The van der Waals surface area contributed by atoms with Crippen LogP contribution in [0.15, 0.2) is 60.7 Å². The molecule has 1 saturated heterocycles. The highest BCUT2D eigenvalue weighted by Crippen LogP contribution is 2.62. The Balaban J connectivity index is 0.00000329. The van der Waals surface area contributed by atoms with Crippen LogP contribution in [0.25, 0.3) is 10.8 Å². The maximum absolute atomic E-state index is 6.58. The quantitative estimate of drug-likeness (QED) is 0.230. The van der Waals surface area contributed by atoms with E-state index in [1.807, 2.05) is 37.3 Å². The first-order valence-electron chi connectivity index (χ1n) is 15.9. The van der Waals surface area contributed by atoms with Gasteiger partial charge in [0.05, 0.1) is 13.2 Å². The summed E-state index contributed by atoms with van der Waals surface area (Å²) in [7, 11) is 1.66. The van der Waals surface area contributed by atoms with Gasteiger partial charge in [-0.2, -0.15) is 0 Å². The maximum atomic E-state index is 6.58. The Morgan fingerprint density at radius 2 is 1.65 bits per heavy atom. The highest BCUT2D eigenvalue weighted by atomic mass is 35.5. The van der Waals surface area contributed by atoms with Gasteiger partial charge in [-0.25, -0.2) is 0 Å². The summed E-state index contributed by atoms with van der Waals surface area (Å²) in [5.74, 6) is 4.43. The fourth-order valence-electron chi connectivity index (χ4n) is 8.80. The van der Waals surface area contributed by atoms with Gasteiger partial charge in [-0.1, -0.05) is 30.3 Å². The normalized spacial score (nSPS) is 30.1. The largest absolute Gasteiger partial charge is 0.493 e. The van der Waals surface area contributed by atoms with Crippen LogP contribution in [0.2, 0.25) is 0 Å². The summed E-state index contributed by atoms with van der Waals surface area (Å²) in [6.45, 7) is 5.00. The van der Waals surface area contributed by atoms with Crippen molar-refractivity contribution in [1.82, 2.24) is 5.32 Å². The molecule has 7 heteroatoms. The van der Waals surface area contributed by atoms with Crippen molar-refractivity contribution in [3.63, 3.8) is 0 Å². The number of methoxy groups -OCH3 is 1. The number of rotatable bonds is 11. The number of fused-ring (bicyclic) bond motifs is 1. The van der Waals surface area contributed by atoms with E-state index in [4.69, 9.17) is 23.7 Å². The van der Waals surface area contributed by atoms with E-state index >= 15 is 0 Å². The van der Waals surface area contributed by atoms with Crippen LogP contribution in [0.5, 0.6) is 11.5 Å². The molecular formula is C36H46ClNO5. The lowest BCUT2D eigenvalue weighted by Crippen LogP contribution is -2.48. The molecule has 2 unspecified atom stereocenters. The summed E-state index contributed by atoms with van der Waals surface area (Å²) in [6, 6.07) is 21.6. The molecule has 1 heterocycles. The summed E-state index contributed by atoms with van der Waals surface area (Å²) in [5.41, 5.74) is 2.36. The molecule has 0 radical (unpaired) electrons. The van der Waals surface area contributed by atoms with Gasteiger partial charge in [0.25, 0.3) is 0 Å². The van der Waals surface area contributed by atoms with E-state index in [1.54, 1.807) is 7.11 Å². The van der Waals surface area contributed by atoms with E-state index in [-0.39, 0.29) is 30.9 Å². The van der Waals surface area contributed by atoms with Gasteiger partial charge < -0.3 is 29.0 Å². The lowest BCUT2D eigenvalue weighted by molar-refractivity contribution is -0.150. The lowest BCUT2D eigenvalue weighted by atomic mass is 9.48. The second kappa shape index (κ2) is 12.9. The number of halogens is 1. The molecule has 1 N–H and O–H groups in total. The molecule has 3 aromatic carbocycles. The molecule has 5 fully saturated rings. The average molecular weight is 608 g/mol. The zero-order chi connectivity index (χ0) is 28.6. The van der Waals surface area contributed by atoms with Crippen LogP contribution in [0.3, 0.4) is 0 Å². The second-order valence-corrected chi connectivity index (χ2v) is 13.3. The standard InChI is InChI=1S/C36H45NO5.ClH/c1-25(38-2)40-24-41-34-19-29-8-9-31(36(23-37-11-13-42-36)10-12-39-32-6-4-3-5-7-32)17-30(29)18-33(34)35-20-26-14-27(21-35)16-28(15-26)22-35;/h3-9,17-19,25-28,37H,10-16,20-24H2,1-2H3;1H. The van der Waals surface area contributed by atoms with E-state index < -0.39 is 5.60 Å². The Morgan fingerprint density at radius 3 is 2.33 bits per heavy atom. The van der Waals surface area contributed by atoms with Crippen molar-refractivity contribution in [3.05, 3.63) is 71.8 Å². The van der Waals surface area contributed by atoms with Gasteiger partial charge in [0.1, 0.15) is 17.1 Å². The predicted molar refractivity (Wildman–Crippen MR) is 171 cm³/mol. The average Bonchev–Trinajstić information content (AvgIpc) is 3.00. The molecule has 4 aliphatic carbocycles. The fourth-order valence-corrected chi connectivity index (χ4v) is 8.80. The van der Waals surface area contributed by atoms with Gasteiger partial charge in [-0.15, -0.1) is 12.4 Å². The van der Waals surface area contributed by atoms with Crippen LogP contribution in [0.4, 0.5) is 0 Å². The summed E-state index contributed by atoms with van der Waals surface area (Å²) in [6.07, 6.45) is 8.57. The lowest BCUT2D eigenvalue weighted by Gasteiger charge is -2.57. The van der Waals surface area contributed by atoms with Crippen molar-refractivity contribution < 1.29 is 23.7 Å². The van der Waals surface area contributed by atoms with Gasteiger partial charge in [0, 0.05) is 32.2 Å². The summed E-state index contributed by atoms with van der Waals surface area (Å²) in [4.78, 5) is 0. The zero-order valence-corrected chi connectivity index (χ0v) is 26.3. The number of benzene rings is 3. The predicted octanol–water partition coefficient (Wildman–Crippen LogP) is 7.36. The van der Waals surface area contributed by atoms with E-state index in [0.717, 1.165) is 48.8 Å². The van der Waals surface area contributed by atoms with Crippen LogP contribution in [-0.4, -0.2) is 46.5 Å². The molecule has 3 aromatic rings. The van der Waals surface area contributed by atoms with Crippen molar-refractivity contribution in [2.24, 2.45) is 17.8 Å². The van der Waals surface area contributed by atoms with Crippen LogP contribution in [-0.2, 0) is 25.2 Å². The highest BCUT2D eigenvalue weighted by molar-refractivity contribution is 5.86. The molecule has 1 aliphatic heterocycles. The summed E-state index contributed by atoms with van der Waals surface area (Å²) in [5, 5.41) is 6.03. The maximum Gasteiger partial charge on any atom is 0.191 e. The third kappa shape index (κ3) is 6.27. The number of nitrogens with one attached hydrogen (secondary N) is 1. The number of ether oxygens (including phenoxy) is 5. The van der Waals surface area contributed by atoms with Crippen LogP contribution < -0.4 is 14.8 Å². The van der Waals surface area contributed by atoms with Crippen molar-refractivity contribution in [3.8, 4) is 11.5 Å². The van der Waals surface area contributed by atoms with Crippen LogP contribution >= 0.6 is 12.4 Å². The topological polar surface area (TPSA) is 58.2 Å². The molecule has 4 bridgehead atoms. The first-order chi connectivity index (χ1) is 20.5. The van der Waals surface area contributed by atoms with Gasteiger partial charge in [-0.05, 0) is 115 Å². The minimum absolute atomic E-state index is 0. The van der Waals surface area contributed by atoms with Crippen molar-refractivity contribution >= 4 is 23.2 Å². The zero-order valence-electron chi connectivity index (χ0n) is 25.5. The SMILES string of the molecule is COC(C)OCOc1cc2ccc(C3(CCOc4ccccc4)CNCCO3)cc2cc1C12CC3CC(CC(C3)C1)C2.Cl. The second-order valence-electron chi connectivity index (χ2n) is 13.3. The minimum Gasteiger partial charge on any atom is -0.493 e. The smallest absolute Gasteiger partial charge is 0.191 e. The molecule has 5 aliphatic rings.